The molecule has 8 heteroatoms. The van der Waals surface area contributed by atoms with Gasteiger partial charge in [0.15, 0.2) is 0 Å². The molecule has 2 rings (SSSR count). The number of hydrogen-bond donors (Lipinski definition) is 2. The molecule has 6 nitrogen and oxygen atoms in total. The van der Waals surface area contributed by atoms with Gasteiger partial charge in [-0.1, -0.05) is 11.6 Å². The first-order chi connectivity index (χ1) is 9.83. The van der Waals surface area contributed by atoms with Crippen molar-refractivity contribution in [3.05, 3.63) is 41.2 Å². The van der Waals surface area contributed by atoms with Crippen molar-refractivity contribution in [1.82, 2.24) is 4.98 Å². The van der Waals surface area contributed by atoms with Crippen molar-refractivity contribution in [2.75, 3.05) is 17.6 Å². The van der Waals surface area contributed by atoms with Gasteiger partial charge in [-0.2, -0.15) is 0 Å². The smallest absolute Gasteiger partial charge is 0.262 e. The zero-order valence-corrected chi connectivity index (χ0v) is 13.0. The maximum Gasteiger partial charge on any atom is 0.262 e. The number of nitrogens with two attached hydrogens (primary N) is 1. The van der Waals surface area contributed by atoms with Crippen LogP contribution in [0.5, 0.6) is 5.75 Å². The largest absolute Gasteiger partial charge is 0.495 e. The lowest BCUT2D eigenvalue weighted by Gasteiger charge is -2.11. The van der Waals surface area contributed by atoms with Crippen molar-refractivity contribution in [3.8, 4) is 5.75 Å². The van der Waals surface area contributed by atoms with E-state index in [2.05, 4.69) is 9.71 Å². The van der Waals surface area contributed by atoms with Gasteiger partial charge in [-0.15, -0.1) is 0 Å². The van der Waals surface area contributed by atoms with E-state index < -0.39 is 10.0 Å². The number of methoxy groups -OCH3 is 1. The van der Waals surface area contributed by atoms with Crippen molar-refractivity contribution in [3.63, 3.8) is 0 Å². The van der Waals surface area contributed by atoms with Crippen LogP contribution >= 0.6 is 11.6 Å². The molecule has 0 aliphatic carbocycles. The van der Waals surface area contributed by atoms with E-state index in [0.29, 0.717) is 27.8 Å². The van der Waals surface area contributed by atoms with E-state index in [1.54, 1.807) is 13.0 Å². The molecular weight excluding hydrogens is 314 g/mol. The molecule has 0 aliphatic heterocycles. The van der Waals surface area contributed by atoms with Gasteiger partial charge in [-0.05, 0) is 30.7 Å². The second kappa shape index (κ2) is 5.79. The van der Waals surface area contributed by atoms with Gasteiger partial charge in [0.05, 0.1) is 29.6 Å². The second-order valence-electron chi connectivity index (χ2n) is 4.34. The fourth-order valence-electron chi connectivity index (χ4n) is 1.69. The number of aromatic nitrogens is 1. The first kappa shape index (κ1) is 15.4. The van der Waals surface area contributed by atoms with Crippen LogP contribution in [-0.4, -0.2) is 20.5 Å². The highest BCUT2D eigenvalue weighted by Gasteiger charge is 2.16. The van der Waals surface area contributed by atoms with Crippen LogP contribution in [0.15, 0.2) is 35.4 Å². The number of sulfonamides is 1. The standard InChI is InChI=1S/C13H14ClN3O3S/c1-8-5-9(7-16-13(8)14)17-21(18,19)10-3-4-11(15)12(6-10)20-2/h3-7,17H,15H2,1-2H3. The lowest BCUT2D eigenvalue weighted by Crippen LogP contribution is -2.13. The summed E-state index contributed by atoms with van der Waals surface area (Å²) in [6.45, 7) is 1.74. The van der Waals surface area contributed by atoms with Crippen LogP contribution in [0.25, 0.3) is 0 Å². The van der Waals surface area contributed by atoms with E-state index in [-0.39, 0.29) is 4.90 Å². The Bertz CT molecular complexity index is 778. The summed E-state index contributed by atoms with van der Waals surface area (Å²) in [4.78, 5) is 3.94. The molecule has 0 bridgehead atoms. The minimum atomic E-state index is -3.76. The zero-order chi connectivity index (χ0) is 15.6. The van der Waals surface area contributed by atoms with Crippen LogP contribution in [0, 0.1) is 6.92 Å². The van der Waals surface area contributed by atoms with E-state index in [1.165, 1.54) is 31.5 Å². The number of halogens is 1. The summed E-state index contributed by atoms with van der Waals surface area (Å²) in [5.41, 5.74) is 7.03. The third-order valence-electron chi connectivity index (χ3n) is 2.78. The van der Waals surface area contributed by atoms with Crippen LogP contribution in [0.2, 0.25) is 5.15 Å². The number of pyridine rings is 1. The molecule has 0 amide bonds. The van der Waals surface area contributed by atoms with Crippen molar-refractivity contribution < 1.29 is 13.2 Å². The summed E-state index contributed by atoms with van der Waals surface area (Å²) < 4.78 is 32.1. The minimum Gasteiger partial charge on any atom is -0.495 e. The van der Waals surface area contributed by atoms with E-state index in [1.807, 2.05) is 0 Å². The lowest BCUT2D eigenvalue weighted by atomic mass is 10.3. The van der Waals surface area contributed by atoms with Crippen LogP contribution in [0.1, 0.15) is 5.56 Å². The Kier molecular flexibility index (Phi) is 4.24. The van der Waals surface area contributed by atoms with Gasteiger partial charge in [0.1, 0.15) is 10.9 Å². The first-order valence-electron chi connectivity index (χ1n) is 5.92. The number of anilines is 2. The van der Waals surface area contributed by atoms with Crippen LogP contribution < -0.4 is 15.2 Å². The summed E-state index contributed by atoms with van der Waals surface area (Å²) in [6.07, 6.45) is 1.35. The minimum absolute atomic E-state index is 0.0427. The third-order valence-corrected chi connectivity index (χ3v) is 4.56. The predicted molar refractivity (Wildman–Crippen MR) is 82.2 cm³/mol. The molecule has 1 aromatic heterocycles. The summed E-state index contributed by atoms with van der Waals surface area (Å²) >= 11 is 5.81. The summed E-state index contributed by atoms with van der Waals surface area (Å²) in [6, 6.07) is 5.82. The Morgan fingerprint density at radius 2 is 2.05 bits per heavy atom. The molecule has 0 spiro atoms. The van der Waals surface area contributed by atoms with Gasteiger partial charge < -0.3 is 10.5 Å². The van der Waals surface area contributed by atoms with Crippen molar-refractivity contribution in [2.45, 2.75) is 11.8 Å². The van der Waals surface area contributed by atoms with Gasteiger partial charge in [0.25, 0.3) is 10.0 Å². The Morgan fingerprint density at radius 1 is 1.33 bits per heavy atom. The third kappa shape index (κ3) is 3.37. The first-order valence-corrected chi connectivity index (χ1v) is 7.78. The number of nitrogen functional groups attached to an aromatic ring is 1. The number of hydrogen-bond acceptors (Lipinski definition) is 5. The summed E-state index contributed by atoms with van der Waals surface area (Å²) in [5, 5.41) is 0.326. The van der Waals surface area contributed by atoms with Crippen molar-refractivity contribution >= 4 is 33.0 Å². The van der Waals surface area contributed by atoms with Crippen molar-refractivity contribution in [1.29, 1.82) is 0 Å². The molecule has 0 radical (unpaired) electrons. The molecule has 0 saturated heterocycles. The number of benzene rings is 1. The van der Waals surface area contributed by atoms with Gasteiger partial charge in [-0.25, -0.2) is 13.4 Å². The molecule has 0 unspecified atom stereocenters. The fourth-order valence-corrected chi connectivity index (χ4v) is 2.84. The molecule has 21 heavy (non-hydrogen) atoms. The summed E-state index contributed by atoms with van der Waals surface area (Å²) in [7, 11) is -2.34. The molecule has 1 heterocycles. The normalized spacial score (nSPS) is 11.2. The van der Waals surface area contributed by atoms with Crippen LogP contribution in [0.4, 0.5) is 11.4 Å². The average Bonchev–Trinajstić information content (AvgIpc) is 2.43. The monoisotopic (exact) mass is 327 g/mol. The topological polar surface area (TPSA) is 94.3 Å². The zero-order valence-electron chi connectivity index (χ0n) is 11.4. The number of rotatable bonds is 4. The quantitative estimate of drug-likeness (QED) is 0.664. The van der Waals surface area contributed by atoms with E-state index >= 15 is 0 Å². The summed E-state index contributed by atoms with van der Waals surface area (Å²) in [5.74, 6) is 0.295. The lowest BCUT2D eigenvalue weighted by molar-refractivity contribution is 0.415. The Hall–Kier alpha value is -1.99. The molecule has 0 aliphatic rings. The molecular formula is C13H14ClN3O3S. The van der Waals surface area contributed by atoms with Gasteiger partial charge in [0.2, 0.25) is 0 Å². The Morgan fingerprint density at radius 3 is 2.67 bits per heavy atom. The van der Waals surface area contributed by atoms with E-state index in [0.717, 1.165) is 0 Å². The number of ether oxygens (including phenoxy) is 1. The maximum atomic E-state index is 12.3. The van der Waals surface area contributed by atoms with E-state index in [9.17, 15) is 8.42 Å². The van der Waals surface area contributed by atoms with Gasteiger partial charge in [-0.3, -0.25) is 4.72 Å². The molecule has 3 N–H and O–H groups in total. The average molecular weight is 328 g/mol. The highest BCUT2D eigenvalue weighted by Crippen LogP contribution is 2.26. The fraction of sp³-hybridized carbons (Fsp3) is 0.154. The number of nitrogens with one attached hydrogen (secondary N) is 1. The highest BCUT2D eigenvalue weighted by atomic mass is 35.5. The van der Waals surface area contributed by atoms with Gasteiger partial charge in [0, 0.05) is 6.07 Å². The molecule has 0 fully saturated rings. The number of aryl methyl sites for hydroxylation is 1. The Labute approximate surface area is 128 Å². The van der Waals surface area contributed by atoms with Gasteiger partial charge >= 0.3 is 0 Å². The molecule has 0 atom stereocenters. The van der Waals surface area contributed by atoms with Crippen LogP contribution in [0.3, 0.4) is 0 Å². The molecule has 2 aromatic rings. The second-order valence-corrected chi connectivity index (χ2v) is 6.38. The Balaban J connectivity index is 2.35. The molecule has 0 saturated carbocycles. The number of nitrogens with zero attached hydrogens (tertiary/aromatic N) is 1. The van der Waals surface area contributed by atoms with Crippen LogP contribution in [-0.2, 0) is 10.0 Å². The van der Waals surface area contributed by atoms with Crippen molar-refractivity contribution in [2.24, 2.45) is 0 Å². The van der Waals surface area contributed by atoms with E-state index in [4.69, 9.17) is 22.1 Å². The molecule has 112 valence electrons. The highest BCUT2D eigenvalue weighted by molar-refractivity contribution is 7.92. The molecule has 1 aromatic carbocycles. The maximum absolute atomic E-state index is 12.3. The SMILES string of the molecule is COc1cc(S(=O)(=O)Nc2cnc(Cl)c(C)c2)ccc1N. The predicted octanol–water partition coefficient (Wildman–Crippen LogP) is 2.44.